The van der Waals surface area contributed by atoms with E-state index in [9.17, 15) is 4.79 Å². The van der Waals surface area contributed by atoms with Gasteiger partial charge in [0, 0.05) is 4.90 Å². The number of carbonyl (C=O) groups excluding carboxylic acids is 1. The lowest BCUT2D eigenvalue weighted by molar-refractivity contribution is 0.0923. The van der Waals surface area contributed by atoms with Crippen LogP contribution in [0.1, 0.15) is 30.6 Å². The van der Waals surface area contributed by atoms with Crippen LogP contribution in [0.15, 0.2) is 29.2 Å². The fourth-order valence-corrected chi connectivity index (χ4v) is 2.27. The van der Waals surface area contributed by atoms with Gasteiger partial charge in [-0.15, -0.1) is 11.8 Å². The number of thioether (sulfide) groups is 1. The summed E-state index contributed by atoms with van der Waals surface area (Å²) in [5, 5.41) is 2.92. The summed E-state index contributed by atoms with van der Waals surface area (Å²) in [5.74, 6) is -0.142. The summed E-state index contributed by atoms with van der Waals surface area (Å²) in [6.45, 7) is 3.79. The highest BCUT2D eigenvalue weighted by Gasteiger charge is 2.28. The topological polar surface area (TPSA) is 55.1 Å². The summed E-state index contributed by atoms with van der Waals surface area (Å²) < 4.78 is 0. The standard InChI is InChI=1S/C13H18N2OS2/c1-4-13(2,12(14)17)15-11(16)9-7-5-6-8-10(9)18-3/h5-8H,4H2,1-3H3,(H2,14,17)(H,15,16). The third-order valence-electron chi connectivity index (χ3n) is 2.99. The van der Waals surface area contributed by atoms with Gasteiger partial charge < -0.3 is 11.1 Å². The van der Waals surface area contributed by atoms with Crippen LogP contribution >= 0.6 is 24.0 Å². The van der Waals surface area contributed by atoms with Crippen molar-refractivity contribution in [3.8, 4) is 0 Å². The second kappa shape index (κ2) is 6.20. The Morgan fingerprint density at radius 2 is 2.11 bits per heavy atom. The first-order chi connectivity index (χ1) is 8.44. The third kappa shape index (κ3) is 3.23. The molecule has 0 radical (unpaired) electrons. The van der Waals surface area contributed by atoms with Crippen molar-refractivity contribution in [3.05, 3.63) is 29.8 Å². The van der Waals surface area contributed by atoms with Crippen molar-refractivity contribution in [2.24, 2.45) is 5.73 Å². The fourth-order valence-electron chi connectivity index (χ4n) is 1.47. The quantitative estimate of drug-likeness (QED) is 0.644. The molecule has 1 unspecified atom stereocenters. The van der Waals surface area contributed by atoms with E-state index in [-0.39, 0.29) is 5.91 Å². The van der Waals surface area contributed by atoms with E-state index in [1.165, 1.54) is 0 Å². The van der Waals surface area contributed by atoms with E-state index in [0.29, 0.717) is 17.0 Å². The van der Waals surface area contributed by atoms with Crippen LogP contribution in [-0.2, 0) is 0 Å². The van der Waals surface area contributed by atoms with Crippen LogP contribution in [-0.4, -0.2) is 22.7 Å². The monoisotopic (exact) mass is 282 g/mol. The molecule has 0 fully saturated rings. The normalized spacial score (nSPS) is 13.7. The molecule has 3 nitrogen and oxygen atoms in total. The van der Waals surface area contributed by atoms with Gasteiger partial charge in [-0.2, -0.15) is 0 Å². The van der Waals surface area contributed by atoms with Crippen molar-refractivity contribution in [2.45, 2.75) is 30.7 Å². The second-order valence-corrected chi connectivity index (χ2v) is 5.49. The first-order valence-electron chi connectivity index (χ1n) is 5.70. The average molecular weight is 282 g/mol. The minimum Gasteiger partial charge on any atom is -0.391 e. The van der Waals surface area contributed by atoms with Gasteiger partial charge in [0.15, 0.2) is 0 Å². The number of hydrogen-bond donors (Lipinski definition) is 2. The molecule has 0 spiro atoms. The van der Waals surface area contributed by atoms with Gasteiger partial charge in [0.1, 0.15) is 0 Å². The maximum atomic E-state index is 12.3. The molecule has 18 heavy (non-hydrogen) atoms. The first kappa shape index (κ1) is 15.0. The second-order valence-electron chi connectivity index (χ2n) is 4.20. The zero-order valence-electron chi connectivity index (χ0n) is 10.8. The highest BCUT2D eigenvalue weighted by molar-refractivity contribution is 7.98. The van der Waals surface area contributed by atoms with Crippen molar-refractivity contribution in [3.63, 3.8) is 0 Å². The van der Waals surface area contributed by atoms with E-state index < -0.39 is 5.54 Å². The molecular formula is C13H18N2OS2. The number of thiocarbonyl (C=S) groups is 1. The molecule has 0 aliphatic carbocycles. The number of hydrogen-bond acceptors (Lipinski definition) is 3. The van der Waals surface area contributed by atoms with Gasteiger partial charge in [-0.25, -0.2) is 0 Å². The summed E-state index contributed by atoms with van der Waals surface area (Å²) in [4.78, 5) is 13.5. The van der Waals surface area contributed by atoms with Crippen LogP contribution in [0.3, 0.4) is 0 Å². The average Bonchev–Trinajstić information content (AvgIpc) is 2.38. The Hall–Kier alpha value is -1.07. The summed E-state index contributed by atoms with van der Waals surface area (Å²) in [6.07, 6.45) is 2.61. The molecule has 5 heteroatoms. The fraction of sp³-hybridized carbons (Fsp3) is 0.385. The highest BCUT2D eigenvalue weighted by Crippen LogP contribution is 2.21. The number of benzene rings is 1. The van der Waals surface area contributed by atoms with E-state index in [2.05, 4.69) is 5.32 Å². The van der Waals surface area contributed by atoms with Crippen molar-refractivity contribution < 1.29 is 4.79 Å². The number of nitrogens with one attached hydrogen (secondary N) is 1. The van der Waals surface area contributed by atoms with E-state index in [0.717, 1.165) is 4.90 Å². The van der Waals surface area contributed by atoms with E-state index in [1.807, 2.05) is 38.3 Å². The van der Waals surface area contributed by atoms with Gasteiger partial charge in [-0.3, -0.25) is 4.79 Å². The molecule has 1 rings (SSSR count). The van der Waals surface area contributed by atoms with Gasteiger partial charge in [-0.05, 0) is 31.7 Å². The molecule has 1 aromatic carbocycles. The summed E-state index contributed by atoms with van der Waals surface area (Å²) >= 11 is 6.56. The van der Waals surface area contributed by atoms with Gasteiger partial charge in [0.2, 0.25) is 0 Å². The lowest BCUT2D eigenvalue weighted by Gasteiger charge is -2.28. The molecule has 0 aliphatic rings. The van der Waals surface area contributed by atoms with Gasteiger partial charge >= 0.3 is 0 Å². The predicted octanol–water partition coefficient (Wildman–Crippen LogP) is 2.59. The molecule has 98 valence electrons. The molecule has 0 aliphatic heterocycles. The van der Waals surface area contributed by atoms with Gasteiger partial charge in [0.25, 0.3) is 5.91 Å². The molecular weight excluding hydrogens is 264 g/mol. The van der Waals surface area contributed by atoms with Crippen molar-refractivity contribution in [1.82, 2.24) is 5.32 Å². The zero-order valence-corrected chi connectivity index (χ0v) is 12.5. The first-order valence-corrected chi connectivity index (χ1v) is 7.33. The minimum absolute atomic E-state index is 0.142. The molecule has 0 bridgehead atoms. The molecule has 0 aromatic heterocycles. The molecule has 0 saturated carbocycles. The number of rotatable bonds is 5. The van der Waals surface area contributed by atoms with Crippen molar-refractivity contribution >= 4 is 34.9 Å². The Balaban J connectivity index is 2.98. The third-order valence-corrected chi connectivity index (χ3v) is 4.24. The van der Waals surface area contributed by atoms with Crippen LogP contribution in [0.4, 0.5) is 0 Å². The van der Waals surface area contributed by atoms with Crippen molar-refractivity contribution in [1.29, 1.82) is 0 Å². The van der Waals surface area contributed by atoms with Crippen LogP contribution < -0.4 is 11.1 Å². The van der Waals surface area contributed by atoms with E-state index in [1.54, 1.807) is 17.8 Å². The lowest BCUT2D eigenvalue weighted by Crippen LogP contribution is -2.54. The van der Waals surface area contributed by atoms with Gasteiger partial charge in [0.05, 0.1) is 16.1 Å². The maximum absolute atomic E-state index is 12.3. The minimum atomic E-state index is -0.641. The van der Waals surface area contributed by atoms with Crippen LogP contribution in [0, 0.1) is 0 Å². The summed E-state index contributed by atoms with van der Waals surface area (Å²) in [5.41, 5.74) is 5.70. The van der Waals surface area contributed by atoms with Crippen LogP contribution in [0.25, 0.3) is 0 Å². The summed E-state index contributed by atoms with van der Waals surface area (Å²) in [6, 6.07) is 7.48. The molecule has 1 amide bonds. The maximum Gasteiger partial charge on any atom is 0.253 e. The Morgan fingerprint density at radius 3 is 2.61 bits per heavy atom. The molecule has 1 aromatic rings. The number of carbonyl (C=O) groups is 1. The molecule has 0 heterocycles. The number of nitrogens with two attached hydrogens (primary N) is 1. The van der Waals surface area contributed by atoms with Gasteiger partial charge in [-0.1, -0.05) is 31.3 Å². The summed E-state index contributed by atoms with van der Waals surface area (Å²) in [7, 11) is 0. The zero-order chi connectivity index (χ0) is 13.8. The Kier molecular flexibility index (Phi) is 5.16. The highest BCUT2D eigenvalue weighted by atomic mass is 32.2. The molecule has 1 atom stereocenters. The Morgan fingerprint density at radius 1 is 1.50 bits per heavy atom. The molecule has 0 saturated heterocycles. The Bertz CT molecular complexity index is 462. The van der Waals surface area contributed by atoms with E-state index >= 15 is 0 Å². The Labute approximate surface area is 118 Å². The lowest BCUT2D eigenvalue weighted by atomic mass is 9.98. The number of amides is 1. The van der Waals surface area contributed by atoms with Crippen molar-refractivity contribution in [2.75, 3.05) is 6.26 Å². The smallest absolute Gasteiger partial charge is 0.253 e. The largest absolute Gasteiger partial charge is 0.391 e. The molecule has 3 N–H and O–H groups in total. The predicted molar refractivity (Wildman–Crippen MR) is 81.2 cm³/mol. The van der Waals surface area contributed by atoms with Crippen LogP contribution in [0.5, 0.6) is 0 Å². The van der Waals surface area contributed by atoms with Crippen LogP contribution in [0.2, 0.25) is 0 Å². The SMILES string of the molecule is CCC(C)(NC(=O)c1ccccc1SC)C(N)=S. The van der Waals surface area contributed by atoms with E-state index in [4.69, 9.17) is 18.0 Å².